The molecule has 2 aliphatic heterocycles. The minimum Gasteiger partial charge on any atom is -0.497 e. The van der Waals surface area contributed by atoms with Gasteiger partial charge in [0.1, 0.15) is 5.75 Å². The van der Waals surface area contributed by atoms with Crippen LogP contribution in [0.25, 0.3) is 0 Å². The summed E-state index contributed by atoms with van der Waals surface area (Å²) < 4.78 is 10.4. The van der Waals surface area contributed by atoms with Crippen LogP contribution in [0.2, 0.25) is 0 Å². The van der Waals surface area contributed by atoms with E-state index in [0.29, 0.717) is 74.7 Å². The summed E-state index contributed by atoms with van der Waals surface area (Å²) in [4.78, 5) is 56.4. The molecule has 11 heteroatoms. The number of hydrogen-bond acceptors (Lipinski definition) is 7. The molecule has 0 radical (unpaired) electrons. The number of furan rings is 1. The van der Waals surface area contributed by atoms with Gasteiger partial charge in [0, 0.05) is 63.4 Å². The largest absolute Gasteiger partial charge is 0.497 e. The van der Waals surface area contributed by atoms with Crippen molar-refractivity contribution in [1.82, 2.24) is 15.1 Å². The fourth-order valence-corrected chi connectivity index (χ4v) is 5.23. The highest BCUT2D eigenvalue weighted by Gasteiger charge is 2.25. The predicted molar refractivity (Wildman–Crippen MR) is 157 cm³/mol. The van der Waals surface area contributed by atoms with Crippen LogP contribution in [0.1, 0.15) is 50.5 Å². The molecule has 11 nitrogen and oxygen atoms in total. The van der Waals surface area contributed by atoms with E-state index in [1.807, 2.05) is 11.0 Å². The molecule has 3 heterocycles. The molecule has 4 amide bonds. The van der Waals surface area contributed by atoms with Gasteiger partial charge in [-0.05, 0) is 67.4 Å². The molecule has 0 unspecified atom stereocenters. The van der Waals surface area contributed by atoms with Crippen molar-refractivity contribution in [3.63, 3.8) is 0 Å². The Bertz CT molecular complexity index is 1410. The normalized spacial score (nSPS) is 15.1. The smallest absolute Gasteiger partial charge is 0.291 e. The maximum Gasteiger partial charge on any atom is 0.291 e. The number of anilines is 2. The maximum absolute atomic E-state index is 13.0. The lowest BCUT2D eigenvalue weighted by atomic mass is 10.1. The topological polar surface area (TPSA) is 124 Å². The number of benzene rings is 2. The lowest BCUT2D eigenvalue weighted by Crippen LogP contribution is -2.49. The van der Waals surface area contributed by atoms with Crippen LogP contribution in [0.3, 0.4) is 0 Å². The summed E-state index contributed by atoms with van der Waals surface area (Å²) in [6, 6.07) is 15.5. The third kappa shape index (κ3) is 6.73. The number of nitrogens with one attached hydrogen (secondary N) is 2. The molecule has 2 aromatic carbocycles. The van der Waals surface area contributed by atoms with E-state index in [1.165, 1.54) is 6.26 Å². The van der Waals surface area contributed by atoms with Crippen molar-refractivity contribution in [3.05, 3.63) is 77.7 Å². The fraction of sp³-hybridized carbons (Fsp3) is 0.355. The average molecular weight is 574 g/mol. The minimum absolute atomic E-state index is 0.0511. The van der Waals surface area contributed by atoms with E-state index in [2.05, 4.69) is 15.5 Å². The van der Waals surface area contributed by atoms with Crippen LogP contribution in [0.15, 0.2) is 65.3 Å². The number of carbonyl (C=O) groups is 4. The first kappa shape index (κ1) is 28.7. The van der Waals surface area contributed by atoms with Crippen molar-refractivity contribution < 1.29 is 28.3 Å². The van der Waals surface area contributed by atoms with Gasteiger partial charge >= 0.3 is 0 Å². The lowest BCUT2D eigenvalue weighted by Gasteiger charge is -2.37. The van der Waals surface area contributed by atoms with Crippen molar-refractivity contribution in [1.29, 1.82) is 0 Å². The van der Waals surface area contributed by atoms with E-state index in [4.69, 9.17) is 9.15 Å². The highest BCUT2D eigenvalue weighted by Crippen LogP contribution is 2.29. The van der Waals surface area contributed by atoms with Gasteiger partial charge in [-0.3, -0.25) is 19.2 Å². The number of nitrogens with zero attached hydrogens (tertiary/aromatic N) is 3. The molecule has 3 aromatic rings. The lowest BCUT2D eigenvalue weighted by molar-refractivity contribution is -0.127. The van der Waals surface area contributed by atoms with Gasteiger partial charge < -0.3 is 34.5 Å². The van der Waals surface area contributed by atoms with Crippen molar-refractivity contribution in [2.75, 3.05) is 63.1 Å². The third-order valence-electron chi connectivity index (χ3n) is 7.56. The summed E-state index contributed by atoms with van der Waals surface area (Å²) >= 11 is 0. The molecule has 2 saturated heterocycles. The van der Waals surface area contributed by atoms with E-state index < -0.39 is 5.91 Å². The Hall–Kier alpha value is -4.80. The molecule has 2 fully saturated rings. The number of carbonyl (C=O) groups excluding carboxylic acids is 4. The highest BCUT2D eigenvalue weighted by molar-refractivity contribution is 6.05. The molecule has 5 rings (SSSR count). The molecule has 0 aliphatic carbocycles. The summed E-state index contributed by atoms with van der Waals surface area (Å²) in [5, 5.41) is 5.81. The fourth-order valence-electron chi connectivity index (χ4n) is 5.23. The first-order chi connectivity index (χ1) is 20.4. The van der Waals surface area contributed by atoms with E-state index in [-0.39, 0.29) is 23.5 Å². The summed E-state index contributed by atoms with van der Waals surface area (Å²) in [7, 11) is 1.58. The summed E-state index contributed by atoms with van der Waals surface area (Å²) in [5.74, 6) is 0.267. The van der Waals surface area contributed by atoms with Crippen LogP contribution < -0.4 is 20.3 Å². The van der Waals surface area contributed by atoms with Crippen LogP contribution >= 0.6 is 0 Å². The van der Waals surface area contributed by atoms with E-state index in [0.717, 1.165) is 18.7 Å². The van der Waals surface area contributed by atoms with Gasteiger partial charge in [-0.2, -0.15) is 0 Å². The number of methoxy groups -OCH3 is 1. The molecule has 2 N–H and O–H groups in total. The van der Waals surface area contributed by atoms with Gasteiger partial charge in [0.25, 0.3) is 17.7 Å². The van der Waals surface area contributed by atoms with Gasteiger partial charge in [-0.25, -0.2) is 0 Å². The quantitative estimate of drug-likeness (QED) is 0.357. The second-order valence-corrected chi connectivity index (χ2v) is 10.3. The minimum atomic E-state index is -0.428. The Balaban J connectivity index is 1.25. The Labute approximate surface area is 244 Å². The summed E-state index contributed by atoms with van der Waals surface area (Å²) in [5.41, 5.74) is 2.22. The van der Waals surface area contributed by atoms with E-state index in [9.17, 15) is 19.2 Å². The standard InChI is InChI=1S/C31H35N5O6/c1-41-24-10-7-22(8-11-24)31(40)36-18-16-34(17-19-36)26-12-9-23(21-25(26)33-30(39)27-5-3-20-42-27)29(38)32-13-4-15-35-14-2-6-28(35)37/h3,5,7-12,20-21H,2,4,6,13-19H2,1H3,(H,32,38)(H,33,39). The van der Waals surface area contributed by atoms with Gasteiger partial charge in [0.15, 0.2) is 5.76 Å². The zero-order chi connectivity index (χ0) is 29.5. The Morgan fingerprint density at radius 1 is 0.929 bits per heavy atom. The Kier molecular flexibility index (Phi) is 9.05. The second kappa shape index (κ2) is 13.2. The number of piperazine rings is 1. The molecule has 1 aromatic heterocycles. The molecular weight excluding hydrogens is 538 g/mol. The van der Waals surface area contributed by atoms with Crippen LogP contribution in [-0.2, 0) is 4.79 Å². The van der Waals surface area contributed by atoms with E-state index in [1.54, 1.807) is 60.5 Å². The van der Waals surface area contributed by atoms with Gasteiger partial charge in [-0.1, -0.05) is 0 Å². The zero-order valence-corrected chi connectivity index (χ0v) is 23.6. The van der Waals surface area contributed by atoms with Crippen molar-refractivity contribution in [2.24, 2.45) is 0 Å². The number of ether oxygens (including phenoxy) is 1. The summed E-state index contributed by atoms with van der Waals surface area (Å²) in [6.07, 6.45) is 3.57. The molecule has 220 valence electrons. The van der Waals surface area contributed by atoms with Crippen LogP contribution in [0.5, 0.6) is 5.75 Å². The molecule has 0 saturated carbocycles. The van der Waals surface area contributed by atoms with Crippen LogP contribution in [0, 0.1) is 0 Å². The third-order valence-corrected chi connectivity index (χ3v) is 7.56. The average Bonchev–Trinajstić information content (AvgIpc) is 3.71. The molecule has 0 atom stereocenters. The molecular formula is C31H35N5O6. The number of rotatable bonds is 10. The van der Waals surface area contributed by atoms with Crippen molar-refractivity contribution in [2.45, 2.75) is 19.3 Å². The predicted octanol–water partition coefficient (Wildman–Crippen LogP) is 3.25. The molecule has 42 heavy (non-hydrogen) atoms. The van der Waals surface area contributed by atoms with Gasteiger partial charge in [0.2, 0.25) is 5.91 Å². The highest BCUT2D eigenvalue weighted by atomic mass is 16.5. The SMILES string of the molecule is COc1ccc(C(=O)N2CCN(c3ccc(C(=O)NCCCN4CCCC4=O)cc3NC(=O)c3ccco3)CC2)cc1. The van der Waals surface area contributed by atoms with Crippen molar-refractivity contribution >= 4 is 35.0 Å². The molecule has 0 bridgehead atoms. The first-order valence-corrected chi connectivity index (χ1v) is 14.2. The Morgan fingerprint density at radius 3 is 2.36 bits per heavy atom. The monoisotopic (exact) mass is 573 g/mol. The van der Waals surface area contributed by atoms with Gasteiger partial charge in [0.05, 0.1) is 24.7 Å². The Morgan fingerprint density at radius 2 is 1.69 bits per heavy atom. The zero-order valence-electron chi connectivity index (χ0n) is 23.6. The summed E-state index contributed by atoms with van der Waals surface area (Å²) in [6.45, 7) is 3.92. The number of likely N-dealkylation sites (tertiary alicyclic amines) is 1. The van der Waals surface area contributed by atoms with Crippen LogP contribution in [-0.4, -0.2) is 86.4 Å². The van der Waals surface area contributed by atoms with E-state index >= 15 is 0 Å². The van der Waals surface area contributed by atoms with Crippen LogP contribution in [0.4, 0.5) is 11.4 Å². The molecule has 0 spiro atoms. The number of amides is 4. The second-order valence-electron chi connectivity index (χ2n) is 10.3. The van der Waals surface area contributed by atoms with Crippen molar-refractivity contribution in [3.8, 4) is 5.75 Å². The van der Waals surface area contributed by atoms with Gasteiger partial charge in [-0.15, -0.1) is 0 Å². The maximum atomic E-state index is 13.0. The first-order valence-electron chi connectivity index (χ1n) is 14.2. The number of hydrogen-bond donors (Lipinski definition) is 2. The molecule has 2 aliphatic rings.